The molecule has 1 fully saturated rings. The number of hydrogen-bond donors (Lipinski definition) is 1. The number of rotatable bonds is 8. The summed E-state index contributed by atoms with van der Waals surface area (Å²) in [6, 6.07) is 12.8. The quantitative estimate of drug-likeness (QED) is 0.232. The van der Waals surface area contributed by atoms with Crippen LogP contribution in [0.5, 0.6) is 0 Å². The average molecular weight is 642 g/mol. The lowest BCUT2D eigenvalue weighted by molar-refractivity contribution is 0.0443. The summed E-state index contributed by atoms with van der Waals surface area (Å²) in [5.74, 6) is 0.350. The van der Waals surface area contributed by atoms with Crippen molar-refractivity contribution >= 4 is 23.3 Å². The second kappa shape index (κ2) is 12.4. The van der Waals surface area contributed by atoms with Gasteiger partial charge in [-0.2, -0.15) is 10.2 Å². The van der Waals surface area contributed by atoms with Gasteiger partial charge >= 0.3 is 6.09 Å². The van der Waals surface area contributed by atoms with E-state index in [1.807, 2.05) is 47.5 Å². The highest BCUT2D eigenvalue weighted by Crippen LogP contribution is 2.35. The van der Waals surface area contributed by atoms with E-state index in [1.165, 1.54) is 17.2 Å². The van der Waals surface area contributed by atoms with Crippen molar-refractivity contribution in [3.8, 4) is 17.4 Å². The minimum atomic E-state index is -1.14. The summed E-state index contributed by atoms with van der Waals surface area (Å²) in [6.45, 7) is 9.72. The first-order valence-electron chi connectivity index (χ1n) is 15.0. The van der Waals surface area contributed by atoms with Crippen LogP contribution in [0.1, 0.15) is 79.1 Å². The molecule has 0 aliphatic carbocycles. The second-order valence-corrected chi connectivity index (χ2v) is 13.3. The average Bonchev–Trinajstić information content (AvgIpc) is 3.83. The van der Waals surface area contributed by atoms with E-state index in [0.717, 1.165) is 29.1 Å². The van der Waals surface area contributed by atoms with Crippen molar-refractivity contribution in [1.82, 2.24) is 45.4 Å². The molecule has 13 nitrogen and oxygen atoms in total. The predicted octanol–water partition coefficient (Wildman–Crippen LogP) is 5.44. The number of aryl methyl sites for hydroxylation is 1. The Morgan fingerprint density at radius 2 is 1.83 bits per heavy atom. The van der Waals surface area contributed by atoms with Gasteiger partial charge in [0, 0.05) is 29.6 Å². The summed E-state index contributed by atoms with van der Waals surface area (Å²) in [6.07, 6.45) is 4.48. The van der Waals surface area contributed by atoms with E-state index in [9.17, 15) is 9.59 Å². The van der Waals surface area contributed by atoms with E-state index in [1.54, 1.807) is 51.2 Å². The fourth-order valence-corrected chi connectivity index (χ4v) is 6.34. The molecule has 0 unspecified atom stereocenters. The molecular weight excluding hydrogens is 606 g/mol. The highest BCUT2D eigenvalue weighted by atomic mass is 32.1. The van der Waals surface area contributed by atoms with Gasteiger partial charge in [0.05, 0.1) is 18.4 Å². The van der Waals surface area contributed by atoms with Crippen LogP contribution in [0.15, 0.2) is 64.7 Å². The number of benzene rings is 1. The summed E-state index contributed by atoms with van der Waals surface area (Å²) in [5, 5.41) is 22.9. The number of carbonyl (C=O) groups is 2. The molecule has 2 atom stereocenters. The summed E-state index contributed by atoms with van der Waals surface area (Å²) < 4.78 is 11.8. The van der Waals surface area contributed by atoms with E-state index in [0.29, 0.717) is 24.3 Å². The molecule has 6 rings (SSSR count). The minimum absolute atomic E-state index is 0.0665. The fourth-order valence-electron chi connectivity index (χ4n) is 5.40. The number of nitrogens with zero attached hydrogens (tertiary/aromatic N) is 8. The van der Waals surface area contributed by atoms with Gasteiger partial charge in [0.2, 0.25) is 5.89 Å². The van der Waals surface area contributed by atoms with Gasteiger partial charge in [-0.25, -0.2) is 14.8 Å². The van der Waals surface area contributed by atoms with E-state index in [4.69, 9.17) is 9.15 Å². The van der Waals surface area contributed by atoms with Crippen LogP contribution in [0.2, 0.25) is 0 Å². The van der Waals surface area contributed by atoms with Crippen molar-refractivity contribution in [3.05, 3.63) is 88.0 Å². The summed E-state index contributed by atoms with van der Waals surface area (Å²) in [5.41, 5.74) is 0.661. The predicted molar refractivity (Wildman–Crippen MR) is 169 cm³/mol. The molecule has 1 aromatic carbocycles. The SMILES string of the molecule is Cc1csc([C@H]2CCCN2C(=O)c2cc(-c3nnc([C@@](C)(Cc4ccccc4)NC(=O)OC(C)(C)C)o3)nc(-n3nccn3)c2)n1. The Hall–Kier alpha value is -4.98. The zero-order valence-corrected chi connectivity index (χ0v) is 27.1. The molecule has 0 saturated carbocycles. The molecular formula is C32H35N9O4S. The topological polar surface area (TPSA) is 154 Å². The van der Waals surface area contributed by atoms with Crippen LogP contribution in [-0.4, -0.2) is 64.2 Å². The highest BCUT2D eigenvalue weighted by molar-refractivity contribution is 7.09. The maximum absolute atomic E-state index is 14.0. The number of alkyl carbamates (subject to hydrolysis) is 1. The van der Waals surface area contributed by atoms with Gasteiger partial charge in [0.15, 0.2) is 5.82 Å². The third-order valence-corrected chi connectivity index (χ3v) is 8.48. The smallest absolute Gasteiger partial charge is 0.408 e. The lowest BCUT2D eigenvalue weighted by Crippen LogP contribution is -2.47. The molecule has 1 aliphatic heterocycles. The summed E-state index contributed by atoms with van der Waals surface area (Å²) >= 11 is 1.56. The third kappa shape index (κ3) is 6.81. The van der Waals surface area contributed by atoms with Crippen LogP contribution < -0.4 is 5.32 Å². The van der Waals surface area contributed by atoms with Gasteiger partial charge in [0.1, 0.15) is 21.8 Å². The van der Waals surface area contributed by atoms with Crippen LogP contribution >= 0.6 is 11.3 Å². The lowest BCUT2D eigenvalue weighted by Gasteiger charge is -2.29. The number of nitrogens with one attached hydrogen (secondary N) is 1. The summed E-state index contributed by atoms with van der Waals surface area (Å²) in [4.78, 5) is 39.5. The highest BCUT2D eigenvalue weighted by Gasteiger charge is 2.37. The Kier molecular flexibility index (Phi) is 8.38. The monoisotopic (exact) mass is 641 g/mol. The maximum atomic E-state index is 14.0. The maximum Gasteiger partial charge on any atom is 0.408 e. The number of likely N-dealkylation sites (tertiary alicyclic amines) is 1. The van der Waals surface area contributed by atoms with Crippen LogP contribution in [0, 0.1) is 6.92 Å². The van der Waals surface area contributed by atoms with Gasteiger partial charge < -0.3 is 19.4 Å². The van der Waals surface area contributed by atoms with Crippen molar-refractivity contribution in [1.29, 1.82) is 0 Å². The number of hydrogen-bond acceptors (Lipinski definition) is 11. The number of aromatic nitrogens is 7. The summed E-state index contributed by atoms with van der Waals surface area (Å²) in [7, 11) is 0. The van der Waals surface area contributed by atoms with Crippen molar-refractivity contribution in [3.63, 3.8) is 0 Å². The minimum Gasteiger partial charge on any atom is -0.444 e. The first-order chi connectivity index (χ1) is 22.0. The molecule has 14 heteroatoms. The van der Waals surface area contributed by atoms with Gasteiger partial charge in [0.25, 0.3) is 11.8 Å². The number of ether oxygens (including phenoxy) is 1. The van der Waals surface area contributed by atoms with E-state index in [2.05, 4.69) is 35.7 Å². The Morgan fingerprint density at radius 3 is 2.52 bits per heavy atom. The number of carbonyl (C=O) groups excluding carboxylic acids is 2. The number of pyridine rings is 1. The van der Waals surface area contributed by atoms with Crippen molar-refractivity contribution in [2.75, 3.05) is 6.54 Å². The number of amides is 2. The van der Waals surface area contributed by atoms with Crippen molar-refractivity contribution in [2.45, 2.75) is 71.1 Å². The normalized spacial score (nSPS) is 16.3. The van der Waals surface area contributed by atoms with Crippen LogP contribution in [0.25, 0.3) is 17.4 Å². The van der Waals surface area contributed by atoms with Crippen molar-refractivity contribution in [2.24, 2.45) is 0 Å². The first kappa shape index (κ1) is 31.0. The molecule has 2 amide bonds. The Morgan fingerprint density at radius 1 is 1.07 bits per heavy atom. The van der Waals surface area contributed by atoms with E-state index in [-0.39, 0.29) is 29.4 Å². The molecule has 5 heterocycles. The zero-order chi connectivity index (χ0) is 32.5. The molecule has 1 N–H and O–H groups in total. The Balaban J connectivity index is 1.36. The van der Waals surface area contributed by atoms with Crippen LogP contribution in [0.4, 0.5) is 4.79 Å². The Labute approximate surface area is 270 Å². The molecule has 5 aromatic rings. The lowest BCUT2D eigenvalue weighted by atomic mass is 9.92. The van der Waals surface area contributed by atoms with Gasteiger partial charge in [-0.15, -0.1) is 26.3 Å². The van der Waals surface area contributed by atoms with Gasteiger partial charge in [-0.05, 0) is 65.2 Å². The second-order valence-electron chi connectivity index (χ2n) is 12.4. The van der Waals surface area contributed by atoms with E-state index < -0.39 is 17.2 Å². The zero-order valence-electron chi connectivity index (χ0n) is 26.3. The largest absolute Gasteiger partial charge is 0.444 e. The number of thiazole rings is 1. The third-order valence-electron chi connectivity index (χ3n) is 7.41. The molecule has 0 radical (unpaired) electrons. The standard InChI is InChI=1S/C32H35N9O4S/c1-20-19-46-27(35-20)24-12-9-15-40(24)28(42)22-16-23(36-25(17-22)41-33-13-14-34-41)26-38-39-29(44-26)32(5,18-21-10-7-6-8-11-21)37-30(43)45-31(2,3)4/h6-8,10-11,13-14,16-17,19,24H,9,12,15,18H2,1-5H3,(H,37,43)/t24-,32-/m1/s1. The molecule has 4 aromatic heterocycles. The van der Waals surface area contributed by atoms with E-state index >= 15 is 0 Å². The molecule has 0 bridgehead atoms. The van der Waals surface area contributed by atoms with Crippen molar-refractivity contribution < 1.29 is 18.7 Å². The first-order valence-corrected chi connectivity index (χ1v) is 15.9. The van der Waals surface area contributed by atoms with Gasteiger partial charge in [-0.1, -0.05) is 30.3 Å². The Bertz CT molecular complexity index is 1830. The van der Waals surface area contributed by atoms with Crippen LogP contribution in [0.3, 0.4) is 0 Å². The van der Waals surface area contributed by atoms with Gasteiger partial charge in [-0.3, -0.25) is 4.79 Å². The molecule has 238 valence electrons. The molecule has 0 spiro atoms. The van der Waals surface area contributed by atoms with Crippen LogP contribution in [-0.2, 0) is 16.7 Å². The molecule has 46 heavy (non-hydrogen) atoms. The fraction of sp³-hybridized carbons (Fsp3) is 0.375. The molecule has 1 aliphatic rings. The molecule has 1 saturated heterocycles.